The first-order valence-corrected chi connectivity index (χ1v) is 7.60. The first-order valence-electron chi connectivity index (χ1n) is 7.60. The molecule has 2 fully saturated rings. The summed E-state index contributed by atoms with van der Waals surface area (Å²) in [5.41, 5.74) is 6.07. The monoisotopic (exact) mass is 396 g/mol. The van der Waals surface area contributed by atoms with Crippen LogP contribution >= 0.6 is 24.0 Å². The predicted molar refractivity (Wildman–Crippen MR) is 93.8 cm³/mol. The number of rotatable bonds is 4. The third kappa shape index (κ3) is 6.13. The highest BCUT2D eigenvalue weighted by molar-refractivity contribution is 14.0. The van der Waals surface area contributed by atoms with E-state index in [0.29, 0.717) is 5.92 Å². The lowest BCUT2D eigenvalue weighted by atomic mass is 10.1. The Morgan fingerprint density at radius 1 is 1.15 bits per heavy atom. The van der Waals surface area contributed by atoms with Crippen molar-refractivity contribution >= 4 is 29.9 Å². The largest absolute Gasteiger partial charge is 0.379 e. The highest BCUT2D eigenvalue weighted by Crippen LogP contribution is 2.09. The van der Waals surface area contributed by atoms with Crippen LogP contribution in [0.4, 0.5) is 0 Å². The van der Waals surface area contributed by atoms with Crippen LogP contribution in [0.1, 0.15) is 26.2 Å². The topological polar surface area (TPSA) is 54.1 Å². The molecule has 5 nitrogen and oxygen atoms in total. The minimum atomic E-state index is 0. The standard InChI is InChI=1S/C14H28N4O.HI/c1-13(12-17-7-9-19-10-8-17)11-16-14(15)18-5-3-2-4-6-18;/h13H,2-12H2,1H3,(H2,15,16);1H. The molecule has 2 N–H and O–H groups in total. The van der Waals surface area contributed by atoms with Gasteiger partial charge in [0, 0.05) is 39.3 Å². The van der Waals surface area contributed by atoms with Gasteiger partial charge in [0.2, 0.25) is 0 Å². The lowest BCUT2D eigenvalue weighted by Gasteiger charge is -2.29. The quantitative estimate of drug-likeness (QED) is 0.443. The van der Waals surface area contributed by atoms with Gasteiger partial charge in [0.15, 0.2) is 5.96 Å². The van der Waals surface area contributed by atoms with E-state index in [4.69, 9.17) is 10.5 Å². The third-order valence-corrected chi connectivity index (χ3v) is 3.92. The normalized spacial score (nSPS) is 23.2. The molecule has 2 aliphatic heterocycles. The zero-order valence-corrected chi connectivity index (χ0v) is 14.9. The summed E-state index contributed by atoms with van der Waals surface area (Å²) >= 11 is 0. The van der Waals surface area contributed by atoms with Gasteiger partial charge in [0.05, 0.1) is 13.2 Å². The second kappa shape index (κ2) is 9.78. The minimum absolute atomic E-state index is 0. The van der Waals surface area contributed by atoms with Crippen molar-refractivity contribution in [1.29, 1.82) is 0 Å². The van der Waals surface area contributed by atoms with E-state index < -0.39 is 0 Å². The highest BCUT2D eigenvalue weighted by Gasteiger charge is 2.15. The van der Waals surface area contributed by atoms with Crippen LogP contribution in [0.3, 0.4) is 0 Å². The number of piperidine rings is 1. The number of ether oxygens (including phenoxy) is 1. The maximum Gasteiger partial charge on any atom is 0.191 e. The van der Waals surface area contributed by atoms with Crippen LogP contribution in [-0.4, -0.2) is 68.2 Å². The van der Waals surface area contributed by atoms with Gasteiger partial charge in [-0.2, -0.15) is 0 Å². The van der Waals surface area contributed by atoms with Gasteiger partial charge in [-0.3, -0.25) is 9.89 Å². The van der Waals surface area contributed by atoms with Gasteiger partial charge >= 0.3 is 0 Å². The van der Waals surface area contributed by atoms with Crippen LogP contribution < -0.4 is 5.73 Å². The number of halogens is 1. The maximum absolute atomic E-state index is 6.07. The summed E-state index contributed by atoms with van der Waals surface area (Å²) in [5, 5.41) is 0. The molecule has 1 unspecified atom stereocenters. The molecule has 2 rings (SSSR count). The number of likely N-dealkylation sites (tertiary alicyclic amines) is 1. The molecular weight excluding hydrogens is 367 g/mol. The van der Waals surface area contributed by atoms with Crippen molar-refractivity contribution < 1.29 is 4.74 Å². The molecule has 0 aromatic heterocycles. The molecule has 6 heteroatoms. The van der Waals surface area contributed by atoms with Crippen LogP contribution in [-0.2, 0) is 4.74 Å². The first kappa shape index (κ1) is 18.0. The number of aliphatic imine (C=N–C) groups is 1. The molecule has 0 saturated carbocycles. The molecule has 1 atom stereocenters. The van der Waals surface area contributed by atoms with Gasteiger partial charge < -0.3 is 15.4 Å². The van der Waals surface area contributed by atoms with Crippen LogP contribution in [0.15, 0.2) is 4.99 Å². The fourth-order valence-electron chi connectivity index (χ4n) is 2.75. The van der Waals surface area contributed by atoms with Crippen molar-refractivity contribution in [3.63, 3.8) is 0 Å². The second-order valence-corrected chi connectivity index (χ2v) is 5.76. The lowest BCUT2D eigenvalue weighted by molar-refractivity contribution is 0.0323. The van der Waals surface area contributed by atoms with Crippen molar-refractivity contribution in [3.8, 4) is 0 Å². The summed E-state index contributed by atoms with van der Waals surface area (Å²) in [6.07, 6.45) is 3.83. The molecule has 0 aromatic carbocycles. The van der Waals surface area contributed by atoms with E-state index >= 15 is 0 Å². The molecule has 0 amide bonds. The summed E-state index contributed by atoms with van der Waals surface area (Å²) in [6, 6.07) is 0. The molecular formula is C14H29IN4O. The predicted octanol–water partition coefficient (Wildman–Crippen LogP) is 1.37. The molecule has 0 aromatic rings. The zero-order chi connectivity index (χ0) is 13.5. The SMILES string of the molecule is CC(CN=C(N)N1CCCCC1)CN1CCOCC1.I. The summed E-state index contributed by atoms with van der Waals surface area (Å²) in [5.74, 6) is 1.30. The Bertz CT molecular complexity index is 289. The number of guanidine groups is 1. The average Bonchev–Trinajstić information content (AvgIpc) is 2.47. The van der Waals surface area contributed by atoms with Gasteiger partial charge in [-0.25, -0.2) is 0 Å². The van der Waals surface area contributed by atoms with Gasteiger partial charge in [-0.1, -0.05) is 6.92 Å². The number of hydrogen-bond donors (Lipinski definition) is 1. The fraction of sp³-hybridized carbons (Fsp3) is 0.929. The number of nitrogens with two attached hydrogens (primary N) is 1. The molecule has 0 spiro atoms. The van der Waals surface area contributed by atoms with E-state index in [1.807, 2.05) is 0 Å². The molecule has 0 bridgehead atoms. The Balaban J connectivity index is 0.00000200. The molecule has 2 aliphatic rings. The van der Waals surface area contributed by atoms with Crippen LogP contribution in [0.2, 0.25) is 0 Å². The van der Waals surface area contributed by atoms with E-state index in [2.05, 4.69) is 21.7 Å². The second-order valence-electron chi connectivity index (χ2n) is 5.76. The third-order valence-electron chi connectivity index (χ3n) is 3.92. The van der Waals surface area contributed by atoms with Gasteiger partial charge in [-0.15, -0.1) is 24.0 Å². The number of morpholine rings is 1. The average molecular weight is 396 g/mol. The molecule has 0 aliphatic carbocycles. The number of hydrogen-bond acceptors (Lipinski definition) is 3. The van der Waals surface area contributed by atoms with Crippen molar-refractivity contribution in [2.24, 2.45) is 16.6 Å². The molecule has 2 heterocycles. The van der Waals surface area contributed by atoms with Crippen molar-refractivity contribution in [3.05, 3.63) is 0 Å². The Morgan fingerprint density at radius 2 is 1.80 bits per heavy atom. The van der Waals surface area contributed by atoms with Crippen molar-refractivity contribution in [1.82, 2.24) is 9.80 Å². The van der Waals surface area contributed by atoms with Crippen molar-refractivity contribution in [2.45, 2.75) is 26.2 Å². The summed E-state index contributed by atoms with van der Waals surface area (Å²) < 4.78 is 5.36. The zero-order valence-electron chi connectivity index (χ0n) is 12.6. The lowest BCUT2D eigenvalue weighted by Crippen LogP contribution is -2.42. The minimum Gasteiger partial charge on any atom is -0.379 e. The summed E-state index contributed by atoms with van der Waals surface area (Å²) in [6.45, 7) is 10.2. The molecule has 118 valence electrons. The summed E-state index contributed by atoms with van der Waals surface area (Å²) in [4.78, 5) is 9.26. The molecule has 0 radical (unpaired) electrons. The van der Waals surface area contributed by atoms with E-state index in [9.17, 15) is 0 Å². The van der Waals surface area contributed by atoms with Crippen LogP contribution in [0.5, 0.6) is 0 Å². The van der Waals surface area contributed by atoms with Crippen LogP contribution in [0.25, 0.3) is 0 Å². The van der Waals surface area contributed by atoms with Gasteiger partial charge in [0.1, 0.15) is 0 Å². The number of nitrogens with zero attached hydrogens (tertiary/aromatic N) is 3. The van der Waals surface area contributed by atoms with Crippen molar-refractivity contribution in [2.75, 3.05) is 52.5 Å². The van der Waals surface area contributed by atoms with E-state index in [0.717, 1.165) is 58.4 Å². The Kier molecular flexibility index (Phi) is 8.79. The smallest absolute Gasteiger partial charge is 0.191 e. The van der Waals surface area contributed by atoms with E-state index in [1.165, 1.54) is 19.3 Å². The fourth-order valence-corrected chi connectivity index (χ4v) is 2.75. The van der Waals surface area contributed by atoms with Gasteiger partial charge in [-0.05, 0) is 25.2 Å². The maximum atomic E-state index is 6.07. The van der Waals surface area contributed by atoms with Crippen LogP contribution in [0, 0.1) is 5.92 Å². The first-order chi connectivity index (χ1) is 9.25. The van der Waals surface area contributed by atoms with E-state index in [1.54, 1.807) is 0 Å². The molecule has 2 saturated heterocycles. The van der Waals surface area contributed by atoms with E-state index in [-0.39, 0.29) is 24.0 Å². The van der Waals surface area contributed by atoms with Gasteiger partial charge in [0.25, 0.3) is 0 Å². The summed E-state index contributed by atoms with van der Waals surface area (Å²) in [7, 11) is 0. The Hall–Kier alpha value is -0.0800. The Morgan fingerprint density at radius 3 is 2.45 bits per heavy atom. The highest BCUT2D eigenvalue weighted by atomic mass is 127. The Labute approximate surface area is 139 Å². The molecule has 20 heavy (non-hydrogen) atoms.